The highest BCUT2D eigenvalue weighted by molar-refractivity contribution is 5.75. The number of esters is 1. The van der Waals surface area contributed by atoms with Crippen LogP contribution < -0.4 is 5.32 Å². The number of amides is 1. The van der Waals surface area contributed by atoms with Crippen LogP contribution in [0.15, 0.2) is 0 Å². The Bertz CT molecular complexity index is 184. The fraction of sp³-hybridized carbons (Fsp3) is 0.833. The lowest BCUT2D eigenvalue weighted by molar-refractivity contribution is -0.142. The molecule has 0 aromatic carbocycles. The maximum absolute atomic E-state index is 10.6. The van der Waals surface area contributed by atoms with E-state index in [9.17, 15) is 9.59 Å². The van der Waals surface area contributed by atoms with Crippen molar-refractivity contribution in [3.8, 4) is 0 Å². The maximum atomic E-state index is 10.6. The van der Waals surface area contributed by atoms with Crippen LogP contribution in [-0.2, 0) is 14.3 Å². The van der Waals surface area contributed by atoms with Gasteiger partial charge in [0.1, 0.15) is 0 Å². The Labute approximate surface area is 96.7 Å². The number of hydrogen-bond acceptors (Lipinski definition) is 3. The molecule has 0 spiro atoms. The second kappa shape index (κ2) is 8.13. The van der Waals surface area contributed by atoms with Crippen molar-refractivity contribution >= 4 is 11.9 Å². The van der Waals surface area contributed by atoms with Crippen LogP contribution in [0.25, 0.3) is 0 Å². The van der Waals surface area contributed by atoms with E-state index < -0.39 is 0 Å². The van der Waals surface area contributed by atoms with Gasteiger partial charge in [-0.2, -0.15) is 0 Å². The molecule has 0 aromatic heterocycles. The van der Waals surface area contributed by atoms with Crippen LogP contribution in [0.4, 0.5) is 0 Å². The third-order valence-corrected chi connectivity index (χ3v) is 2.69. The van der Waals surface area contributed by atoms with Gasteiger partial charge in [-0.1, -0.05) is 6.42 Å². The first kappa shape index (κ1) is 13.0. The van der Waals surface area contributed by atoms with Crippen LogP contribution in [0, 0.1) is 0 Å². The third-order valence-electron chi connectivity index (χ3n) is 2.69. The molecule has 0 atom stereocenters. The Kier molecular flexibility index (Phi) is 6.61. The fourth-order valence-electron chi connectivity index (χ4n) is 1.71. The van der Waals surface area contributed by atoms with Gasteiger partial charge in [-0.3, -0.25) is 9.59 Å². The molecule has 4 nitrogen and oxygen atoms in total. The first-order chi connectivity index (χ1) is 7.79. The Morgan fingerprint density at radius 1 is 0.875 bits per heavy atom. The highest BCUT2D eigenvalue weighted by Gasteiger charge is 2.05. The van der Waals surface area contributed by atoms with Gasteiger partial charge in [0.2, 0.25) is 5.91 Å². The minimum Gasteiger partial charge on any atom is -0.466 e. The number of carbonyl (C=O) groups is 2. The van der Waals surface area contributed by atoms with Gasteiger partial charge in [0.25, 0.3) is 0 Å². The lowest BCUT2D eigenvalue weighted by Crippen LogP contribution is -2.21. The molecule has 0 aliphatic carbocycles. The van der Waals surface area contributed by atoms with Crippen molar-refractivity contribution in [1.29, 1.82) is 0 Å². The van der Waals surface area contributed by atoms with E-state index in [1.165, 1.54) is 6.42 Å². The first-order valence-corrected chi connectivity index (χ1v) is 6.21. The lowest BCUT2D eigenvalue weighted by Gasteiger charge is -1.93. The summed E-state index contributed by atoms with van der Waals surface area (Å²) in [5.74, 6) is 0.199. The molecule has 92 valence electrons. The first-order valence-electron chi connectivity index (χ1n) is 6.21. The van der Waals surface area contributed by atoms with Crippen LogP contribution in [-0.4, -0.2) is 25.0 Å². The summed E-state index contributed by atoms with van der Waals surface area (Å²) in [4.78, 5) is 21.0. The number of rotatable bonds is 0. The zero-order chi connectivity index (χ0) is 11.6. The molecule has 2 aliphatic heterocycles. The second-order valence-electron chi connectivity index (χ2n) is 4.19. The smallest absolute Gasteiger partial charge is 0.305 e. The van der Waals surface area contributed by atoms with Crippen molar-refractivity contribution in [3.63, 3.8) is 0 Å². The highest BCUT2D eigenvalue weighted by Crippen LogP contribution is 2.06. The molecule has 2 rings (SSSR count). The Balaban J connectivity index is 0.000000160. The third kappa shape index (κ3) is 6.43. The van der Waals surface area contributed by atoms with Crippen LogP contribution in [0.5, 0.6) is 0 Å². The van der Waals surface area contributed by atoms with Crippen molar-refractivity contribution in [3.05, 3.63) is 0 Å². The number of ether oxygens (including phenoxy) is 1. The molecule has 4 heteroatoms. The topological polar surface area (TPSA) is 55.4 Å². The van der Waals surface area contributed by atoms with Gasteiger partial charge in [-0.25, -0.2) is 0 Å². The Morgan fingerprint density at radius 2 is 1.62 bits per heavy atom. The monoisotopic (exact) mass is 227 g/mol. The normalized spacial score (nSPS) is 21.8. The maximum Gasteiger partial charge on any atom is 0.305 e. The molecule has 16 heavy (non-hydrogen) atoms. The summed E-state index contributed by atoms with van der Waals surface area (Å²) in [5, 5.41) is 2.81. The van der Waals surface area contributed by atoms with Gasteiger partial charge in [0.05, 0.1) is 6.61 Å². The van der Waals surface area contributed by atoms with Crippen molar-refractivity contribution in [2.24, 2.45) is 0 Å². The average molecular weight is 227 g/mol. The number of cyclic esters (lactones) is 1. The summed E-state index contributed by atoms with van der Waals surface area (Å²) in [6, 6.07) is 0. The minimum atomic E-state index is -0.0255. The van der Waals surface area contributed by atoms with Crippen molar-refractivity contribution in [2.75, 3.05) is 13.2 Å². The molecule has 2 saturated heterocycles. The van der Waals surface area contributed by atoms with Crippen LogP contribution in [0.3, 0.4) is 0 Å². The number of nitrogens with one attached hydrogen (secondary N) is 1. The molecule has 2 heterocycles. The van der Waals surface area contributed by atoms with E-state index in [0.29, 0.717) is 13.0 Å². The SMILES string of the molecule is O=C1CCCCCN1.O=C1CCCCCO1. The predicted molar refractivity (Wildman–Crippen MR) is 60.9 cm³/mol. The Morgan fingerprint density at radius 3 is 2.50 bits per heavy atom. The summed E-state index contributed by atoms with van der Waals surface area (Å²) in [5.41, 5.74) is 0. The molecule has 2 aliphatic rings. The molecule has 0 bridgehead atoms. The molecule has 1 amide bonds. The molecular weight excluding hydrogens is 206 g/mol. The van der Waals surface area contributed by atoms with Crippen molar-refractivity contribution in [2.45, 2.75) is 51.4 Å². The summed E-state index contributed by atoms with van der Waals surface area (Å²) >= 11 is 0. The summed E-state index contributed by atoms with van der Waals surface area (Å²) in [7, 11) is 0. The van der Waals surface area contributed by atoms with E-state index in [1.54, 1.807) is 0 Å². The van der Waals surface area contributed by atoms with Gasteiger partial charge in [-0.05, 0) is 32.1 Å². The van der Waals surface area contributed by atoms with Gasteiger partial charge < -0.3 is 10.1 Å². The zero-order valence-electron chi connectivity index (χ0n) is 9.80. The summed E-state index contributed by atoms with van der Waals surface area (Å²) in [6.07, 6.45) is 8.01. The lowest BCUT2D eigenvalue weighted by atomic mass is 10.2. The van der Waals surface area contributed by atoms with Crippen molar-refractivity contribution in [1.82, 2.24) is 5.32 Å². The van der Waals surface area contributed by atoms with E-state index >= 15 is 0 Å². The number of carbonyl (C=O) groups excluding carboxylic acids is 2. The second-order valence-corrected chi connectivity index (χ2v) is 4.19. The van der Waals surface area contributed by atoms with Gasteiger partial charge in [0, 0.05) is 19.4 Å². The molecule has 2 fully saturated rings. The standard InChI is InChI=1S/C6H11NO.C6H10O2/c8-6-4-2-1-3-5-7-6;7-6-4-2-1-3-5-8-6/h1-5H2,(H,7,8);1-5H2. The summed E-state index contributed by atoms with van der Waals surface area (Å²) < 4.78 is 4.76. The highest BCUT2D eigenvalue weighted by atomic mass is 16.5. The van der Waals surface area contributed by atoms with E-state index in [0.717, 1.165) is 45.1 Å². The molecular formula is C12H21NO3. The van der Waals surface area contributed by atoms with E-state index in [-0.39, 0.29) is 11.9 Å². The summed E-state index contributed by atoms with van der Waals surface area (Å²) in [6.45, 7) is 1.53. The molecule has 0 radical (unpaired) electrons. The van der Waals surface area contributed by atoms with Crippen LogP contribution in [0.1, 0.15) is 51.4 Å². The van der Waals surface area contributed by atoms with Crippen LogP contribution >= 0.6 is 0 Å². The molecule has 0 unspecified atom stereocenters. The van der Waals surface area contributed by atoms with Crippen LogP contribution in [0.2, 0.25) is 0 Å². The van der Waals surface area contributed by atoms with Gasteiger partial charge in [0.15, 0.2) is 0 Å². The quantitative estimate of drug-likeness (QED) is 0.642. The molecule has 0 saturated carbocycles. The van der Waals surface area contributed by atoms with Gasteiger partial charge >= 0.3 is 5.97 Å². The average Bonchev–Trinajstić information content (AvgIpc) is 2.64. The van der Waals surface area contributed by atoms with E-state index in [2.05, 4.69) is 5.32 Å². The minimum absolute atomic E-state index is 0.0255. The predicted octanol–water partition coefficient (Wildman–Crippen LogP) is 1.78. The Hall–Kier alpha value is -1.06. The van der Waals surface area contributed by atoms with Crippen molar-refractivity contribution < 1.29 is 14.3 Å². The molecule has 1 N–H and O–H groups in total. The number of hydrogen-bond donors (Lipinski definition) is 1. The van der Waals surface area contributed by atoms with Gasteiger partial charge in [-0.15, -0.1) is 0 Å². The van der Waals surface area contributed by atoms with E-state index in [4.69, 9.17) is 4.74 Å². The largest absolute Gasteiger partial charge is 0.466 e. The zero-order valence-corrected chi connectivity index (χ0v) is 9.80. The fourth-order valence-corrected chi connectivity index (χ4v) is 1.71. The van der Waals surface area contributed by atoms with E-state index in [1.807, 2.05) is 0 Å². The molecule has 0 aromatic rings.